The lowest BCUT2D eigenvalue weighted by atomic mass is 9.64. The van der Waals surface area contributed by atoms with Crippen molar-refractivity contribution in [3.05, 3.63) is 566 Å². The van der Waals surface area contributed by atoms with Gasteiger partial charge in [0.15, 0.2) is 0 Å². The van der Waals surface area contributed by atoms with E-state index in [0.717, 1.165) is 73.3 Å². The molecule has 618 valence electrons. The average Bonchev–Trinajstić information content (AvgIpc) is 1.50. The van der Waals surface area contributed by atoms with Crippen LogP contribution in [0.5, 0.6) is 0 Å². The zero-order valence-electron chi connectivity index (χ0n) is 72.4. The lowest BCUT2D eigenvalue weighted by Crippen LogP contribution is -2.36. The molecule has 0 fully saturated rings. The van der Waals surface area contributed by atoms with Crippen LogP contribution >= 0.6 is 0 Å². The molecule has 2 aliphatic carbocycles. The molecule has 0 aromatic heterocycles. The quantitative estimate of drug-likeness (QED) is 0.0956. The molecule has 0 amide bonds. The van der Waals surface area contributed by atoms with Gasteiger partial charge in [0.2, 0.25) is 0 Å². The maximum Gasteiger partial charge on any atom is 0.0755 e. The van der Waals surface area contributed by atoms with E-state index < -0.39 is 10.8 Å². The number of benzene rings is 21. The summed E-state index contributed by atoms with van der Waals surface area (Å²) in [6.45, 7) is 0. The summed E-state index contributed by atoms with van der Waals surface area (Å²) in [5.41, 5.74) is 46.1. The molecule has 4 heteroatoms. The fraction of sp³-hybridized carbons (Fsp3) is 0.0156. The van der Waals surface area contributed by atoms with Crippen LogP contribution in [0, 0.1) is 0 Å². The van der Waals surface area contributed by atoms with Gasteiger partial charge in [-0.25, -0.2) is 0 Å². The molecule has 0 bridgehead atoms. The first-order valence-corrected chi connectivity index (χ1v) is 45.7. The Morgan fingerprint density at radius 2 is 0.326 bits per heavy atom. The summed E-state index contributed by atoms with van der Waals surface area (Å²) in [6, 6.07) is 193. The second-order valence-corrected chi connectivity index (χ2v) is 34.9. The smallest absolute Gasteiger partial charge is 0.0755 e. The SMILES string of the molecule is c1ccc(-c2ccc(N(c3ccc(-c4ccc(-c5ccc(-c6ccc(-c7ccc(-c8ccc(N(c9ccc(-c%10cccc(-c%11ccccc%11)c%10)cc9)c9ccc%10c(c9)C9(c%11ccccc%11-%10)c%10ccccc%10N(c%10ccccc%10)c%10ccccc%109)cc8)cc7)cc6)cc5)cc4)cc3)c3ccc4c(c3)C3(c5ccccc5-4)c4ccccc4N(c4ccccc4)c4ccccc43)cc2)cc1. The van der Waals surface area contributed by atoms with Crippen LogP contribution in [0.1, 0.15) is 44.5 Å². The van der Waals surface area contributed by atoms with Crippen molar-refractivity contribution < 1.29 is 0 Å². The first-order chi connectivity index (χ1) is 65.4. The van der Waals surface area contributed by atoms with Gasteiger partial charge in [-0.15, -0.1) is 0 Å². The predicted octanol–water partition coefficient (Wildman–Crippen LogP) is 34.3. The van der Waals surface area contributed by atoms with Crippen LogP contribution in [0.4, 0.5) is 68.2 Å². The monoisotopic (exact) mass is 1680 g/mol. The van der Waals surface area contributed by atoms with Crippen molar-refractivity contribution in [3.8, 4) is 111 Å². The first-order valence-electron chi connectivity index (χ1n) is 45.7. The van der Waals surface area contributed by atoms with E-state index in [4.69, 9.17) is 0 Å². The van der Waals surface area contributed by atoms with Crippen LogP contribution in [0.25, 0.3) is 111 Å². The summed E-state index contributed by atoms with van der Waals surface area (Å²) in [5, 5.41) is 0. The second kappa shape index (κ2) is 32.0. The summed E-state index contributed by atoms with van der Waals surface area (Å²) in [6.07, 6.45) is 0. The van der Waals surface area contributed by atoms with Crippen LogP contribution in [0.3, 0.4) is 0 Å². The van der Waals surface area contributed by atoms with Gasteiger partial charge >= 0.3 is 0 Å². The molecule has 0 atom stereocenters. The maximum atomic E-state index is 2.49. The summed E-state index contributed by atoms with van der Waals surface area (Å²) in [4.78, 5) is 9.78. The van der Waals surface area contributed by atoms with Crippen molar-refractivity contribution in [3.63, 3.8) is 0 Å². The van der Waals surface area contributed by atoms with E-state index in [-0.39, 0.29) is 0 Å². The molecule has 0 saturated carbocycles. The van der Waals surface area contributed by atoms with Crippen molar-refractivity contribution in [2.75, 3.05) is 19.6 Å². The van der Waals surface area contributed by atoms with E-state index >= 15 is 0 Å². The molecule has 0 saturated heterocycles. The third-order valence-corrected chi connectivity index (χ3v) is 27.9. The average molecular weight is 1680 g/mol. The largest absolute Gasteiger partial charge is 0.310 e. The van der Waals surface area contributed by atoms with Gasteiger partial charge in [0, 0.05) is 45.5 Å². The van der Waals surface area contributed by atoms with Crippen molar-refractivity contribution in [2.45, 2.75) is 10.8 Å². The van der Waals surface area contributed by atoms with Gasteiger partial charge in [0.05, 0.1) is 33.6 Å². The molecule has 132 heavy (non-hydrogen) atoms. The summed E-state index contributed by atoms with van der Waals surface area (Å²) in [5.74, 6) is 0. The molecule has 21 aromatic rings. The zero-order valence-corrected chi connectivity index (χ0v) is 72.4. The Morgan fingerprint density at radius 1 is 0.129 bits per heavy atom. The molecule has 2 aliphatic heterocycles. The van der Waals surface area contributed by atoms with Gasteiger partial charge in [-0.2, -0.15) is 0 Å². The van der Waals surface area contributed by atoms with Crippen LogP contribution in [0.15, 0.2) is 522 Å². The van der Waals surface area contributed by atoms with Gasteiger partial charge in [0.1, 0.15) is 0 Å². The number of hydrogen-bond acceptors (Lipinski definition) is 4. The number of fused-ring (bicyclic) bond motifs is 18. The summed E-state index contributed by atoms with van der Waals surface area (Å²) in [7, 11) is 0. The summed E-state index contributed by atoms with van der Waals surface area (Å²) < 4.78 is 0. The van der Waals surface area contributed by atoms with Gasteiger partial charge in [-0.1, -0.05) is 394 Å². The third kappa shape index (κ3) is 12.7. The Bertz CT molecular complexity index is 7840. The Hall–Kier alpha value is -17.2. The summed E-state index contributed by atoms with van der Waals surface area (Å²) >= 11 is 0. The minimum Gasteiger partial charge on any atom is -0.310 e. The lowest BCUT2D eigenvalue weighted by molar-refractivity contribution is 0.752. The van der Waals surface area contributed by atoms with Crippen molar-refractivity contribution in [1.82, 2.24) is 0 Å². The second-order valence-electron chi connectivity index (χ2n) is 34.9. The molecule has 25 rings (SSSR count). The Balaban J connectivity index is 0.483. The van der Waals surface area contributed by atoms with Gasteiger partial charge in [0.25, 0.3) is 0 Å². The number of hydrogen-bond donors (Lipinski definition) is 0. The number of rotatable bonds is 16. The highest BCUT2D eigenvalue weighted by Crippen LogP contribution is 2.67. The van der Waals surface area contributed by atoms with E-state index in [1.54, 1.807) is 0 Å². The predicted molar refractivity (Wildman–Crippen MR) is 550 cm³/mol. The molecular formula is C128H86N4. The van der Waals surface area contributed by atoms with E-state index in [2.05, 4.69) is 541 Å². The minimum atomic E-state index is -0.618. The molecule has 0 radical (unpaired) electrons. The molecule has 4 nitrogen and oxygen atoms in total. The fourth-order valence-electron chi connectivity index (χ4n) is 21.8. The Kier molecular flexibility index (Phi) is 18.7. The van der Waals surface area contributed by atoms with Crippen LogP contribution in [-0.4, -0.2) is 0 Å². The van der Waals surface area contributed by atoms with Gasteiger partial charge in [-0.05, 0) is 283 Å². The van der Waals surface area contributed by atoms with Gasteiger partial charge < -0.3 is 19.6 Å². The highest BCUT2D eigenvalue weighted by molar-refractivity contribution is 6.00. The highest BCUT2D eigenvalue weighted by Gasteiger charge is 2.54. The van der Waals surface area contributed by atoms with Gasteiger partial charge in [-0.3, -0.25) is 0 Å². The highest BCUT2D eigenvalue weighted by atomic mass is 15.2. The fourth-order valence-corrected chi connectivity index (χ4v) is 21.8. The molecule has 0 N–H and O–H groups in total. The minimum absolute atomic E-state index is 0.603. The number of nitrogens with zero attached hydrogens (tertiary/aromatic N) is 4. The molecule has 0 unspecified atom stereocenters. The van der Waals surface area contributed by atoms with Crippen LogP contribution in [-0.2, 0) is 10.8 Å². The topological polar surface area (TPSA) is 13.0 Å². The van der Waals surface area contributed by atoms with E-state index in [9.17, 15) is 0 Å². The van der Waals surface area contributed by atoms with E-state index in [0.29, 0.717) is 0 Å². The molecule has 21 aromatic carbocycles. The van der Waals surface area contributed by atoms with Crippen LogP contribution in [0.2, 0.25) is 0 Å². The van der Waals surface area contributed by atoms with Crippen molar-refractivity contribution in [1.29, 1.82) is 0 Å². The molecule has 2 heterocycles. The molecule has 4 aliphatic rings. The standard InChI is InChI=1S/C128H86N4/c1-5-26-87(27-6-1)97-64-72-105(73-65-97)129(109-80-82-113-111-36-13-15-38-115(111)127(121(113)85-109)117-40-17-21-44-123(117)131(103-32-9-3-10-33-103)124-45-22-18-41-118(124)127)106-74-66-98(67-75-106)95-60-56-93(57-61-95)91-52-48-89(49-53-91)90-50-54-92(55-51-90)94-58-62-96(63-59-94)99-68-76-107(77-69-99)130(108-78-70-100(71-79-108)102-31-25-30-101(84-102)88-28-7-2-8-29-88)110-81-83-114-112-37-14-16-39-116(112)128(122(114)86-110)119-42-19-23-46-125(119)132(104-34-11-4-12-35-104)126-47-24-20-43-120(126)128/h1-86H. The Morgan fingerprint density at radius 3 is 0.614 bits per heavy atom. The molecular weight excluding hydrogens is 1590 g/mol. The number of anilines is 12. The lowest BCUT2D eigenvalue weighted by Gasteiger charge is -2.45. The molecule has 2 spiro atoms. The maximum absolute atomic E-state index is 2.49. The van der Waals surface area contributed by atoms with Crippen molar-refractivity contribution in [2.24, 2.45) is 0 Å². The normalized spacial score (nSPS) is 12.9. The van der Waals surface area contributed by atoms with Crippen molar-refractivity contribution >= 4 is 68.2 Å². The zero-order chi connectivity index (χ0) is 87.2. The van der Waals surface area contributed by atoms with Crippen LogP contribution < -0.4 is 19.6 Å². The van der Waals surface area contributed by atoms with E-state index in [1.807, 2.05) is 0 Å². The Labute approximate surface area is 770 Å². The number of para-hydroxylation sites is 6. The first kappa shape index (κ1) is 77.2. The third-order valence-electron chi connectivity index (χ3n) is 27.9. The van der Waals surface area contributed by atoms with E-state index in [1.165, 1.54) is 151 Å².